The molecule has 0 bridgehead atoms. The second-order valence-corrected chi connectivity index (χ2v) is 8.17. The molecule has 0 aliphatic rings. The molecule has 0 aliphatic heterocycles. The third-order valence-corrected chi connectivity index (χ3v) is 5.62. The minimum absolute atomic E-state index is 0.112. The molecule has 0 saturated heterocycles. The van der Waals surface area contributed by atoms with Gasteiger partial charge in [0.05, 0.1) is 35.0 Å². The number of amides is 1. The van der Waals surface area contributed by atoms with Gasteiger partial charge in [-0.05, 0) is 31.6 Å². The van der Waals surface area contributed by atoms with Gasteiger partial charge < -0.3 is 15.0 Å². The summed E-state index contributed by atoms with van der Waals surface area (Å²) in [4.78, 5) is 26.6. The van der Waals surface area contributed by atoms with E-state index in [0.717, 1.165) is 17.7 Å². The average molecular weight is 499 g/mol. The predicted octanol–water partition coefficient (Wildman–Crippen LogP) is 3.78. The van der Waals surface area contributed by atoms with E-state index in [2.05, 4.69) is 24.6 Å². The van der Waals surface area contributed by atoms with Gasteiger partial charge in [0.1, 0.15) is 13.3 Å². The van der Waals surface area contributed by atoms with Crippen LogP contribution >= 0.6 is 11.5 Å². The highest BCUT2D eigenvalue weighted by molar-refractivity contribution is 7.06. The average Bonchev–Trinajstić information content (AvgIpc) is 3.15. The van der Waals surface area contributed by atoms with Crippen LogP contribution in [0.15, 0.2) is 30.7 Å². The molecule has 34 heavy (non-hydrogen) atoms. The van der Waals surface area contributed by atoms with Crippen molar-refractivity contribution in [2.75, 3.05) is 38.7 Å². The summed E-state index contributed by atoms with van der Waals surface area (Å²) in [7, 11) is 1.79. The lowest BCUT2D eigenvalue weighted by Crippen LogP contribution is -2.26. The van der Waals surface area contributed by atoms with Crippen molar-refractivity contribution in [3.8, 4) is 5.88 Å². The van der Waals surface area contributed by atoms with E-state index in [4.69, 9.17) is 4.74 Å². The summed E-state index contributed by atoms with van der Waals surface area (Å²) in [6.07, 6.45) is -1.32. The van der Waals surface area contributed by atoms with Crippen molar-refractivity contribution in [2.45, 2.75) is 19.5 Å². The number of pyridine rings is 1. The number of nitrogens with zero attached hydrogens (tertiary/aromatic N) is 5. The van der Waals surface area contributed by atoms with Gasteiger partial charge in [-0.1, -0.05) is 0 Å². The lowest BCUT2D eigenvalue weighted by Gasteiger charge is -2.14. The molecule has 0 fully saturated rings. The van der Waals surface area contributed by atoms with Crippen LogP contribution in [0.5, 0.6) is 5.88 Å². The van der Waals surface area contributed by atoms with Crippen LogP contribution in [-0.2, 0) is 12.6 Å². The van der Waals surface area contributed by atoms with Gasteiger partial charge >= 0.3 is 6.18 Å². The van der Waals surface area contributed by atoms with Crippen LogP contribution < -0.4 is 10.1 Å². The molecular formula is C21H22F4N6O2S. The second-order valence-electron chi connectivity index (χ2n) is 7.31. The van der Waals surface area contributed by atoms with Crippen LogP contribution in [-0.4, -0.2) is 63.6 Å². The zero-order valence-electron chi connectivity index (χ0n) is 18.4. The standard InChI is InChI=1S/C21H22F4N6O2S/c1-13-19(16(34-30-13)9-15-11-27-17(12-26-15)21(23,24)25)20(32)29-14-3-4-18(28-10-14)33-8-7-31(2)6-5-22/h3-4,10-12H,5-9H2,1-2H3,(H,29,32). The number of carbonyl (C=O) groups is 1. The summed E-state index contributed by atoms with van der Waals surface area (Å²) in [5.74, 6) is -0.0639. The molecule has 0 radical (unpaired) electrons. The topological polar surface area (TPSA) is 93.1 Å². The molecule has 0 aliphatic carbocycles. The first kappa shape index (κ1) is 25.4. The number of hydrogen-bond acceptors (Lipinski definition) is 8. The van der Waals surface area contributed by atoms with Crippen LogP contribution in [0.1, 0.15) is 32.3 Å². The Hall–Kier alpha value is -3.19. The zero-order valence-corrected chi connectivity index (χ0v) is 19.2. The van der Waals surface area contributed by atoms with Crippen LogP contribution in [0.25, 0.3) is 0 Å². The molecule has 182 valence electrons. The van der Waals surface area contributed by atoms with E-state index in [-0.39, 0.29) is 12.1 Å². The molecule has 1 N–H and O–H groups in total. The van der Waals surface area contributed by atoms with E-state index >= 15 is 0 Å². The van der Waals surface area contributed by atoms with E-state index < -0.39 is 24.5 Å². The zero-order chi connectivity index (χ0) is 24.7. The van der Waals surface area contributed by atoms with Crippen LogP contribution in [0.4, 0.5) is 23.2 Å². The number of hydrogen-bond donors (Lipinski definition) is 1. The van der Waals surface area contributed by atoms with Gasteiger partial charge in [-0.3, -0.25) is 9.78 Å². The van der Waals surface area contributed by atoms with Gasteiger partial charge in [-0.25, -0.2) is 14.4 Å². The summed E-state index contributed by atoms with van der Waals surface area (Å²) in [5.41, 5.74) is 0.441. The molecule has 8 nitrogen and oxygen atoms in total. The third kappa shape index (κ3) is 6.90. The molecule has 3 aromatic rings. The van der Waals surface area contributed by atoms with E-state index in [1.165, 1.54) is 6.20 Å². The first-order valence-corrected chi connectivity index (χ1v) is 10.9. The van der Waals surface area contributed by atoms with Gasteiger partial charge in [-0.15, -0.1) is 0 Å². The summed E-state index contributed by atoms with van der Waals surface area (Å²) < 4.78 is 60.0. The summed E-state index contributed by atoms with van der Waals surface area (Å²) in [5, 5.41) is 2.73. The number of nitrogens with one attached hydrogen (secondary N) is 1. The van der Waals surface area contributed by atoms with Crippen LogP contribution in [0.2, 0.25) is 0 Å². The fourth-order valence-corrected chi connectivity index (χ4v) is 3.76. The quantitative estimate of drug-likeness (QED) is 0.425. The largest absolute Gasteiger partial charge is 0.476 e. The lowest BCUT2D eigenvalue weighted by molar-refractivity contribution is -0.141. The Kier molecular flexibility index (Phi) is 8.45. The van der Waals surface area contributed by atoms with Crippen molar-refractivity contribution < 1.29 is 27.1 Å². The molecule has 0 aromatic carbocycles. The molecule has 3 aromatic heterocycles. The van der Waals surface area contributed by atoms with Crippen LogP contribution in [0.3, 0.4) is 0 Å². The number of likely N-dealkylation sites (N-methyl/N-ethyl adjacent to an activating group) is 1. The van der Waals surface area contributed by atoms with Crippen molar-refractivity contribution in [2.24, 2.45) is 0 Å². The van der Waals surface area contributed by atoms with Crippen molar-refractivity contribution in [1.29, 1.82) is 0 Å². The van der Waals surface area contributed by atoms with E-state index in [9.17, 15) is 22.4 Å². The van der Waals surface area contributed by atoms with Crippen molar-refractivity contribution in [3.63, 3.8) is 0 Å². The SMILES string of the molecule is Cc1nsc(Cc2cnc(C(F)(F)F)cn2)c1C(=O)Nc1ccc(OCCN(C)CCF)nc1. The Labute approximate surface area is 197 Å². The van der Waals surface area contributed by atoms with Crippen molar-refractivity contribution >= 4 is 23.1 Å². The first-order chi connectivity index (χ1) is 16.2. The summed E-state index contributed by atoms with van der Waals surface area (Å²) in [6.45, 7) is 2.45. The normalized spacial score (nSPS) is 11.6. The molecule has 0 spiro atoms. The molecule has 0 atom stereocenters. The molecule has 1 amide bonds. The number of ether oxygens (including phenoxy) is 1. The number of aryl methyl sites for hydroxylation is 1. The Morgan fingerprint density at radius 2 is 1.94 bits per heavy atom. The maximum atomic E-state index is 12.9. The number of anilines is 1. The summed E-state index contributed by atoms with van der Waals surface area (Å²) in [6, 6.07) is 3.23. The molecule has 0 unspecified atom stereocenters. The van der Waals surface area contributed by atoms with Gasteiger partial charge in [0.25, 0.3) is 5.91 Å². The molecule has 13 heteroatoms. The first-order valence-electron chi connectivity index (χ1n) is 10.2. The van der Waals surface area contributed by atoms with Gasteiger partial charge in [0.15, 0.2) is 5.69 Å². The van der Waals surface area contributed by atoms with E-state index in [0.29, 0.717) is 53.6 Å². The molecule has 0 saturated carbocycles. The number of carbonyl (C=O) groups excluding carboxylic acids is 1. The predicted molar refractivity (Wildman–Crippen MR) is 118 cm³/mol. The second kappa shape index (κ2) is 11.3. The van der Waals surface area contributed by atoms with Crippen molar-refractivity contribution in [3.05, 3.63) is 58.2 Å². The summed E-state index contributed by atoms with van der Waals surface area (Å²) >= 11 is 1.07. The number of aromatic nitrogens is 4. The monoisotopic (exact) mass is 498 g/mol. The number of halogens is 4. The van der Waals surface area contributed by atoms with E-state index in [1.54, 1.807) is 31.0 Å². The number of alkyl halides is 4. The minimum Gasteiger partial charge on any atom is -0.476 e. The Morgan fingerprint density at radius 3 is 2.56 bits per heavy atom. The molecule has 3 rings (SSSR count). The number of rotatable bonds is 10. The Bertz CT molecular complexity index is 1090. The smallest absolute Gasteiger partial charge is 0.434 e. The molecular weight excluding hydrogens is 476 g/mol. The Morgan fingerprint density at radius 1 is 1.15 bits per heavy atom. The van der Waals surface area contributed by atoms with Gasteiger partial charge in [0, 0.05) is 36.7 Å². The maximum absolute atomic E-state index is 12.9. The lowest BCUT2D eigenvalue weighted by atomic mass is 10.1. The highest BCUT2D eigenvalue weighted by Gasteiger charge is 2.32. The fourth-order valence-electron chi connectivity index (χ4n) is 2.88. The maximum Gasteiger partial charge on any atom is 0.434 e. The van der Waals surface area contributed by atoms with Gasteiger partial charge in [-0.2, -0.15) is 17.5 Å². The Balaban J connectivity index is 1.62. The third-order valence-electron chi connectivity index (χ3n) is 4.68. The highest BCUT2D eigenvalue weighted by atomic mass is 32.1. The van der Waals surface area contributed by atoms with E-state index in [1.807, 2.05) is 0 Å². The minimum atomic E-state index is -4.57. The highest BCUT2D eigenvalue weighted by Crippen LogP contribution is 2.27. The fraction of sp³-hybridized carbons (Fsp3) is 0.381. The van der Waals surface area contributed by atoms with Crippen LogP contribution in [0, 0.1) is 6.92 Å². The molecule has 3 heterocycles. The van der Waals surface area contributed by atoms with Crippen molar-refractivity contribution in [1.82, 2.24) is 24.2 Å². The van der Waals surface area contributed by atoms with Gasteiger partial charge in [0.2, 0.25) is 5.88 Å².